The molecule has 1 amide bonds. The molecule has 1 aromatic heterocycles. The molecule has 0 radical (unpaired) electrons. The van der Waals surface area contributed by atoms with Gasteiger partial charge in [-0.1, -0.05) is 0 Å². The first-order chi connectivity index (χ1) is 13.2. The number of anilines is 1. The van der Waals surface area contributed by atoms with Gasteiger partial charge in [0.1, 0.15) is 5.82 Å². The first-order valence-electron chi connectivity index (χ1n) is 9.73. The van der Waals surface area contributed by atoms with Crippen LogP contribution in [0.5, 0.6) is 0 Å². The molecule has 1 aliphatic heterocycles. The molecule has 1 fully saturated rings. The number of halogens is 1. The highest BCUT2D eigenvalue weighted by Gasteiger charge is 2.52. The van der Waals surface area contributed by atoms with Gasteiger partial charge in [0.15, 0.2) is 0 Å². The van der Waals surface area contributed by atoms with Crippen molar-refractivity contribution in [3.05, 3.63) is 41.5 Å². The van der Waals surface area contributed by atoms with E-state index in [9.17, 15) is 9.18 Å². The van der Waals surface area contributed by atoms with Gasteiger partial charge in [0.25, 0.3) is 5.91 Å². The minimum absolute atomic E-state index is 0.239. The van der Waals surface area contributed by atoms with Crippen LogP contribution in [0.4, 0.5) is 10.1 Å². The van der Waals surface area contributed by atoms with E-state index in [1.54, 1.807) is 10.9 Å². The van der Waals surface area contributed by atoms with E-state index in [-0.39, 0.29) is 11.4 Å². The van der Waals surface area contributed by atoms with Crippen molar-refractivity contribution in [2.24, 2.45) is 0 Å². The SMILES string of the molecule is Cc1c(NC(=O)c2cnn(C(C)(C)C)c2)cc(F)cc1B1OC(C)(C)C(C)(C)O1. The Labute approximate surface area is 171 Å². The molecule has 2 heterocycles. The molecule has 0 saturated carbocycles. The van der Waals surface area contributed by atoms with E-state index < -0.39 is 24.1 Å². The summed E-state index contributed by atoms with van der Waals surface area (Å²) in [6, 6.07) is 2.70. The Bertz CT molecular complexity index is 931. The van der Waals surface area contributed by atoms with Crippen molar-refractivity contribution in [2.75, 3.05) is 5.32 Å². The van der Waals surface area contributed by atoms with Gasteiger partial charge < -0.3 is 14.6 Å². The van der Waals surface area contributed by atoms with Crippen LogP contribution in [0.25, 0.3) is 0 Å². The zero-order chi connectivity index (χ0) is 21.8. The summed E-state index contributed by atoms with van der Waals surface area (Å²) in [5.41, 5.74) is 0.717. The van der Waals surface area contributed by atoms with Gasteiger partial charge >= 0.3 is 7.12 Å². The molecule has 8 heteroatoms. The van der Waals surface area contributed by atoms with Gasteiger partial charge in [-0.25, -0.2) is 4.39 Å². The topological polar surface area (TPSA) is 65.4 Å². The van der Waals surface area contributed by atoms with Crippen molar-refractivity contribution in [3.8, 4) is 0 Å². The van der Waals surface area contributed by atoms with E-state index in [1.165, 1.54) is 18.3 Å². The fourth-order valence-corrected chi connectivity index (χ4v) is 3.05. The lowest BCUT2D eigenvalue weighted by molar-refractivity contribution is 0.00578. The van der Waals surface area contributed by atoms with E-state index in [4.69, 9.17) is 9.31 Å². The minimum atomic E-state index is -0.713. The molecule has 0 atom stereocenters. The summed E-state index contributed by atoms with van der Waals surface area (Å²) in [4.78, 5) is 12.7. The molecule has 1 aliphatic rings. The lowest BCUT2D eigenvalue weighted by Gasteiger charge is -2.32. The lowest BCUT2D eigenvalue weighted by Crippen LogP contribution is -2.41. The van der Waals surface area contributed by atoms with E-state index in [0.29, 0.717) is 22.3 Å². The molecule has 0 aliphatic carbocycles. The molecule has 0 bridgehead atoms. The molecule has 1 aromatic carbocycles. The van der Waals surface area contributed by atoms with Gasteiger partial charge in [0.2, 0.25) is 0 Å². The number of rotatable bonds is 3. The number of benzene rings is 1. The summed E-state index contributed by atoms with van der Waals surface area (Å²) in [6.45, 7) is 15.6. The first-order valence-corrected chi connectivity index (χ1v) is 9.73. The molecule has 0 unspecified atom stereocenters. The van der Waals surface area contributed by atoms with Crippen molar-refractivity contribution in [3.63, 3.8) is 0 Å². The maximum atomic E-state index is 14.4. The predicted molar refractivity (Wildman–Crippen MR) is 112 cm³/mol. The van der Waals surface area contributed by atoms with Crippen LogP contribution in [0.15, 0.2) is 24.5 Å². The number of nitrogens with zero attached hydrogens (tertiary/aromatic N) is 2. The van der Waals surface area contributed by atoms with Crippen LogP contribution in [0, 0.1) is 12.7 Å². The third kappa shape index (κ3) is 4.09. The Morgan fingerprint density at radius 2 is 1.76 bits per heavy atom. The molecular weight excluding hydrogens is 372 g/mol. The fraction of sp³-hybridized carbons (Fsp3) is 0.524. The lowest BCUT2D eigenvalue weighted by atomic mass is 9.75. The second-order valence-electron chi connectivity index (χ2n) is 9.55. The van der Waals surface area contributed by atoms with Crippen molar-refractivity contribution in [2.45, 2.75) is 72.1 Å². The predicted octanol–water partition coefficient (Wildman–Crippen LogP) is 3.64. The van der Waals surface area contributed by atoms with E-state index in [1.807, 2.05) is 55.4 Å². The van der Waals surface area contributed by atoms with Crippen LogP contribution >= 0.6 is 0 Å². The summed E-state index contributed by atoms with van der Waals surface area (Å²) >= 11 is 0. The number of hydrogen-bond donors (Lipinski definition) is 1. The van der Waals surface area contributed by atoms with E-state index in [0.717, 1.165) is 0 Å². The Kier molecular flexibility index (Phi) is 5.16. The number of aromatic nitrogens is 2. The second-order valence-corrected chi connectivity index (χ2v) is 9.55. The van der Waals surface area contributed by atoms with Crippen molar-refractivity contribution in [1.29, 1.82) is 0 Å². The van der Waals surface area contributed by atoms with Crippen molar-refractivity contribution >= 4 is 24.2 Å². The number of hydrogen-bond acceptors (Lipinski definition) is 4. The van der Waals surface area contributed by atoms with Crippen LogP contribution in [-0.4, -0.2) is 34.0 Å². The maximum absolute atomic E-state index is 14.4. The standard InChI is InChI=1S/C21H29BFN3O3/c1-13-16(22-28-20(5,6)21(7,8)29-22)9-15(23)10-17(13)25-18(27)14-11-24-26(12-14)19(2,3)4/h9-12H,1-8H3,(H,25,27). The van der Waals surface area contributed by atoms with Crippen LogP contribution in [-0.2, 0) is 14.8 Å². The maximum Gasteiger partial charge on any atom is 0.495 e. The van der Waals surface area contributed by atoms with Gasteiger partial charge in [0.05, 0.1) is 28.5 Å². The Morgan fingerprint density at radius 1 is 1.17 bits per heavy atom. The monoisotopic (exact) mass is 401 g/mol. The molecule has 3 rings (SSSR count). The van der Waals surface area contributed by atoms with Crippen LogP contribution in [0.2, 0.25) is 0 Å². The fourth-order valence-electron chi connectivity index (χ4n) is 3.05. The summed E-state index contributed by atoms with van der Waals surface area (Å²) in [5.74, 6) is -0.824. The van der Waals surface area contributed by atoms with Crippen LogP contribution < -0.4 is 10.8 Å². The molecule has 0 spiro atoms. The zero-order valence-corrected chi connectivity index (χ0v) is 18.4. The third-order valence-corrected chi connectivity index (χ3v) is 5.70. The van der Waals surface area contributed by atoms with E-state index in [2.05, 4.69) is 10.4 Å². The van der Waals surface area contributed by atoms with Crippen molar-refractivity contribution < 1.29 is 18.5 Å². The minimum Gasteiger partial charge on any atom is -0.399 e. The smallest absolute Gasteiger partial charge is 0.399 e. The summed E-state index contributed by atoms with van der Waals surface area (Å²) < 4.78 is 28.2. The number of nitrogens with one attached hydrogen (secondary N) is 1. The number of carbonyl (C=O) groups excluding carboxylic acids is 1. The number of carbonyl (C=O) groups is 1. The van der Waals surface area contributed by atoms with Gasteiger partial charge in [-0.05, 0) is 78.5 Å². The molecular formula is C21H29BFN3O3. The molecule has 1 N–H and O–H groups in total. The van der Waals surface area contributed by atoms with Gasteiger partial charge in [-0.15, -0.1) is 0 Å². The molecule has 2 aromatic rings. The zero-order valence-electron chi connectivity index (χ0n) is 18.4. The van der Waals surface area contributed by atoms with Gasteiger partial charge in [0, 0.05) is 11.9 Å². The van der Waals surface area contributed by atoms with Crippen molar-refractivity contribution in [1.82, 2.24) is 9.78 Å². The highest BCUT2D eigenvalue weighted by atomic mass is 19.1. The average molecular weight is 401 g/mol. The van der Waals surface area contributed by atoms with Crippen LogP contribution in [0.1, 0.15) is 64.4 Å². The normalized spacial score (nSPS) is 18.2. The summed E-state index contributed by atoms with van der Waals surface area (Å²) in [7, 11) is -0.713. The van der Waals surface area contributed by atoms with Gasteiger partial charge in [-0.2, -0.15) is 5.10 Å². The molecule has 29 heavy (non-hydrogen) atoms. The second kappa shape index (κ2) is 6.95. The highest BCUT2D eigenvalue weighted by molar-refractivity contribution is 6.62. The number of amides is 1. The van der Waals surface area contributed by atoms with E-state index >= 15 is 0 Å². The average Bonchev–Trinajstić information content (AvgIpc) is 3.13. The Hall–Kier alpha value is -2.19. The molecule has 156 valence electrons. The highest BCUT2D eigenvalue weighted by Crippen LogP contribution is 2.37. The first kappa shape index (κ1) is 21.5. The Morgan fingerprint density at radius 3 is 2.28 bits per heavy atom. The summed E-state index contributed by atoms with van der Waals surface area (Å²) in [6.07, 6.45) is 3.18. The molecule has 1 saturated heterocycles. The quantitative estimate of drug-likeness (QED) is 0.798. The largest absolute Gasteiger partial charge is 0.495 e. The summed E-state index contributed by atoms with van der Waals surface area (Å²) in [5, 5.41) is 7.04. The van der Waals surface area contributed by atoms with Crippen LogP contribution in [0.3, 0.4) is 0 Å². The Balaban J connectivity index is 1.88. The third-order valence-electron chi connectivity index (χ3n) is 5.70. The molecule has 6 nitrogen and oxygen atoms in total. The van der Waals surface area contributed by atoms with Gasteiger partial charge in [-0.3, -0.25) is 9.48 Å².